The Balaban J connectivity index is 1.72. The Morgan fingerprint density at radius 1 is 0.833 bits per heavy atom. The minimum absolute atomic E-state index is 0.0963. The van der Waals surface area contributed by atoms with E-state index < -0.39 is 11.7 Å². The third-order valence-corrected chi connectivity index (χ3v) is 5.60. The highest BCUT2D eigenvalue weighted by atomic mass is 19.4. The van der Waals surface area contributed by atoms with Gasteiger partial charge in [-0.15, -0.1) is 0 Å². The number of halogens is 3. The van der Waals surface area contributed by atoms with E-state index in [1.165, 1.54) is 18.2 Å². The van der Waals surface area contributed by atoms with Crippen LogP contribution in [0.3, 0.4) is 0 Å². The monoisotopic (exact) mass is 405 g/mol. The van der Waals surface area contributed by atoms with Crippen molar-refractivity contribution in [3.05, 3.63) is 89.0 Å². The highest BCUT2D eigenvalue weighted by Gasteiger charge is 2.32. The van der Waals surface area contributed by atoms with Gasteiger partial charge in [-0.25, -0.2) is 0 Å². The molecular formula is C24H14F3NO2. The minimum atomic E-state index is -4.47. The van der Waals surface area contributed by atoms with Crippen LogP contribution in [-0.4, -0.2) is 16.1 Å². The van der Waals surface area contributed by atoms with Crippen LogP contribution in [0, 0.1) is 0 Å². The molecule has 5 rings (SSSR count). The maximum Gasteiger partial charge on any atom is 0.416 e. The van der Waals surface area contributed by atoms with Gasteiger partial charge < -0.3 is 4.57 Å². The Labute approximate surface area is 169 Å². The summed E-state index contributed by atoms with van der Waals surface area (Å²) in [5.74, 6) is -0.715. The molecule has 30 heavy (non-hydrogen) atoms. The standard InChI is InChI=1S/C24H14F3NO2/c1-28-19-5-3-2-4-15(19)16-10-11-17-20(29)12-18(23(30)21(17)22(16)28)13-6-8-14(9-7-13)24(25,26)27/h2-12H,1H3. The summed E-state index contributed by atoms with van der Waals surface area (Å²) in [4.78, 5) is 26.2. The number of alkyl halides is 3. The van der Waals surface area contributed by atoms with Gasteiger partial charge in [0.2, 0.25) is 0 Å². The van der Waals surface area contributed by atoms with Crippen LogP contribution in [0.2, 0.25) is 0 Å². The van der Waals surface area contributed by atoms with Crippen LogP contribution >= 0.6 is 0 Å². The maximum absolute atomic E-state index is 13.4. The van der Waals surface area contributed by atoms with Crippen molar-refractivity contribution < 1.29 is 22.8 Å². The van der Waals surface area contributed by atoms with Crippen LogP contribution in [0.25, 0.3) is 27.4 Å². The molecule has 0 aliphatic heterocycles. The molecule has 4 aromatic rings. The predicted molar refractivity (Wildman–Crippen MR) is 109 cm³/mol. The summed E-state index contributed by atoms with van der Waals surface area (Å²) in [6, 6.07) is 15.5. The first kappa shape index (κ1) is 18.4. The van der Waals surface area contributed by atoms with Gasteiger partial charge in [-0.3, -0.25) is 9.59 Å². The lowest BCUT2D eigenvalue weighted by Crippen LogP contribution is -2.17. The van der Waals surface area contributed by atoms with E-state index in [1.54, 1.807) is 6.07 Å². The first-order valence-electron chi connectivity index (χ1n) is 9.26. The fourth-order valence-electron chi connectivity index (χ4n) is 4.17. The topological polar surface area (TPSA) is 39.1 Å². The van der Waals surface area contributed by atoms with Crippen molar-refractivity contribution in [3.63, 3.8) is 0 Å². The molecule has 0 saturated carbocycles. The maximum atomic E-state index is 13.4. The van der Waals surface area contributed by atoms with Crippen molar-refractivity contribution in [2.75, 3.05) is 0 Å². The third-order valence-electron chi connectivity index (χ3n) is 5.60. The van der Waals surface area contributed by atoms with Crippen LogP contribution in [0.5, 0.6) is 0 Å². The van der Waals surface area contributed by atoms with Crippen molar-refractivity contribution in [1.29, 1.82) is 0 Å². The van der Waals surface area contributed by atoms with Gasteiger partial charge in [0.1, 0.15) is 0 Å². The van der Waals surface area contributed by atoms with Crippen LogP contribution in [0.1, 0.15) is 31.8 Å². The number of ketones is 2. The molecule has 0 amide bonds. The first-order valence-corrected chi connectivity index (χ1v) is 9.26. The number of para-hydroxylation sites is 1. The number of hydrogen-bond donors (Lipinski definition) is 0. The molecule has 1 aliphatic rings. The molecule has 1 heterocycles. The number of benzene rings is 3. The fourth-order valence-corrected chi connectivity index (χ4v) is 4.17. The summed E-state index contributed by atoms with van der Waals surface area (Å²) in [7, 11) is 1.83. The van der Waals surface area contributed by atoms with Crippen LogP contribution in [-0.2, 0) is 13.2 Å². The van der Waals surface area contributed by atoms with Crippen LogP contribution in [0.15, 0.2) is 66.7 Å². The van der Waals surface area contributed by atoms with Gasteiger partial charge in [-0.1, -0.05) is 36.4 Å². The molecule has 0 saturated heterocycles. The smallest absolute Gasteiger partial charge is 0.343 e. The molecular weight excluding hydrogens is 391 g/mol. The fraction of sp³-hybridized carbons (Fsp3) is 0.0833. The third kappa shape index (κ3) is 2.53. The van der Waals surface area contributed by atoms with Crippen molar-refractivity contribution in [1.82, 2.24) is 4.57 Å². The van der Waals surface area contributed by atoms with Gasteiger partial charge in [0.15, 0.2) is 11.6 Å². The molecule has 0 fully saturated rings. The van der Waals surface area contributed by atoms with E-state index in [0.29, 0.717) is 11.1 Å². The highest BCUT2D eigenvalue weighted by Crippen LogP contribution is 2.37. The molecule has 148 valence electrons. The molecule has 3 nitrogen and oxygen atoms in total. The molecule has 0 N–H and O–H groups in total. The lowest BCUT2D eigenvalue weighted by Gasteiger charge is -2.18. The summed E-state index contributed by atoms with van der Waals surface area (Å²) in [5.41, 5.74) is 1.72. The summed E-state index contributed by atoms with van der Waals surface area (Å²) in [5, 5.41) is 1.81. The average Bonchev–Trinajstić information content (AvgIpc) is 3.02. The zero-order valence-corrected chi connectivity index (χ0v) is 15.7. The normalized spacial score (nSPS) is 14.3. The molecule has 6 heteroatoms. The van der Waals surface area contributed by atoms with E-state index in [2.05, 4.69) is 0 Å². The number of allylic oxidation sites excluding steroid dienone is 2. The molecule has 1 aliphatic carbocycles. The summed E-state index contributed by atoms with van der Waals surface area (Å²) >= 11 is 0. The van der Waals surface area contributed by atoms with Gasteiger partial charge in [0, 0.05) is 34.5 Å². The number of rotatable bonds is 1. The van der Waals surface area contributed by atoms with Crippen molar-refractivity contribution in [2.24, 2.45) is 7.05 Å². The second-order valence-corrected chi connectivity index (χ2v) is 7.29. The quantitative estimate of drug-likeness (QED) is 0.401. The van der Waals surface area contributed by atoms with Crippen LogP contribution < -0.4 is 0 Å². The Morgan fingerprint density at radius 2 is 1.53 bits per heavy atom. The van der Waals surface area contributed by atoms with Gasteiger partial charge >= 0.3 is 6.18 Å². The molecule has 1 aromatic heterocycles. The Hall–Kier alpha value is -3.67. The van der Waals surface area contributed by atoms with Crippen molar-refractivity contribution >= 4 is 38.9 Å². The SMILES string of the molecule is Cn1c2ccccc2c2ccc3c(c21)C(=O)C(c1ccc(C(F)(F)F)cc1)=CC3=O. The number of nitrogens with zero attached hydrogens (tertiary/aromatic N) is 1. The summed E-state index contributed by atoms with van der Waals surface area (Å²) in [6.07, 6.45) is -3.26. The van der Waals surface area contributed by atoms with E-state index in [4.69, 9.17) is 0 Å². The molecule has 0 spiro atoms. The minimum Gasteiger partial charge on any atom is -0.343 e. The number of fused-ring (bicyclic) bond motifs is 5. The predicted octanol–water partition coefficient (Wildman–Crippen LogP) is 5.81. The zero-order chi connectivity index (χ0) is 21.2. The molecule has 0 bridgehead atoms. The van der Waals surface area contributed by atoms with Gasteiger partial charge in [-0.2, -0.15) is 13.2 Å². The second kappa shape index (κ2) is 6.16. The van der Waals surface area contributed by atoms with Gasteiger partial charge in [0.05, 0.1) is 16.6 Å². The Bertz CT molecular complexity index is 1410. The number of aromatic nitrogens is 1. The number of carbonyl (C=O) groups excluding carboxylic acids is 2. The Morgan fingerprint density at radius 3 is 2.23 bits per heavy atom. The largest absolute Gasteiger partial charge is 0.416 e. The number of Topliss-reactive ketones (excluding diaryl/α,β-unsaturated/α-hetero) is 1. The van der Waals surface area contributed by atoms with Crippen molar-refractivity contribution in [2.45, 2.75) is 6.18 Å². The van der Waals surface area contributed by atoms with Gasteiger partial charge in [0.25, 0.3) is 0 Å². The molecule has 0 radical (unpaired) electrons. The molecule has 0 atom stereocenters. The van der Waals surface area contributed by atoms with E-state index in [0.717, 1.165) is 28.4 Å². The molecule has 0 unspecified atom stereocenters. The Kier molecular flexibility index (Phi) is 3.77. The first-order chi connectivity index (χ1) is 14.3. The highest BCUT2D eigenvalue weighted by molar-refractivity contribution is 6.42. The van der Waals surface area contributed by atoms with E-state index in [9.17, 15) is 22.8 Å². The average molecular weight is 405 g/mol. The van der Waals surface area contributed by atoms with E-state index in [1.807, 2.05) is 41.9 Å². The number of aryl methyl sites for hydroxylation is 1. The molecule has 3 aromatic carbocycles. The van der Waals surface area contributed by atoms with Gasteiger partial charge in [-0.05, 0) is 35.9 Å². The number of carbonyl (C=O) groups is 2. The summed E-state index contributed by atoms with van der Waals surface area (Å²) < 4.78 is 40.5. The second-order valence-electron chi connectivity index (χ2n) is 7.29. The van der Waals surface area contributed by atoms with E-state index >= 15 is 0 Å². The number of hydrogen-bond acceptors (Lipinski definition) is 2. The van der Waals surface area contributed by atoms with Crippen LogP contribution in [0.4, 0.5) is 13.2 Å². The lowest BCUT2D eigenvalue weighted by molar-refractivity contribution is -0.137. The zero-order valence-electron chi connectivity index (χ0n) is 15.7. The lowest BCUT2D eigenvalue weighted by atomic mass is 9.84. The van der Waals surface area contributed by atoms with E-state index in [-0.39, 0.29) is 28.3 Å². The summed E-state index contributed by atoms with van der Waals surface area (Å²) in [6.45, 7) is 0. The van der Waals surface area contributed by atoms with Crippen molar-refractivity contribution in [3.8, 4) is 0 Å².